The molecule has 1 heterocycles. The molecule has 4 aromatic rings. The molecule has 0 unspecified atom stereocenters. The molecule has 3 aromatic carbocycles. The molecule has 0 radical (unpaired) electrons. The maximum absolute atomic E-state index is 12.3. The molecule has 0 amide bonds. The molecule has 0 aliphatic carbocycles. The molecular formula is C21H16N2O2. The van der Waals surface area contributed by atoms with Crippen molar-refractivity contribution < 1.29 is 9.53 Å². The number of aromatic nitrogens is 2. The van der Waals surface area contributed by atoms with Crippen molar-refractivity contribution in [2.24, 2.45) is 0 Å². The SMILES string of the molecule is O=C(OCc1cccc(-c2ccccc2)c1)c1ccc2nc[nH]c2c1. The van der Waals surface area contributed by atoms with Crippen LogP contribution in [0.2, 0.25) is 0 Å². The van der Waals surface area contributed by atoms with E-state index in [1.54, 1.807) is 24.5 Å². The van der Waals surface area contributed by atoms with Crippen LogP contribution in [-0.4, -0.2) is 15.9 Å². The van der Waals surface area contributed by atoms with Gasteiger partial charge in [0.2, 0.25) is 0 Å². The summed E-state index contributed by atoms with van der Waals surface area (Å²) in [4.78, 5) is 19.4. The number of nitrogens with zero attached hydrogens (tertiary/aromatic N) is 1. The number of rotatable bonds is 4. The first kappa shape index (κ1) is 15.1. The average Bonchev–Trinajstić information content (AvgIpc) is 3.15. The summed E-state index contributed by atoms with van der Waals surface area (Å²) in [6, 6.07) is 23.4. The van der Waals surface area contributed by atoms with Gasteiger partial charge in [-0.25, -0.2) is 9.78 Å². The Kier molecular flexibility index (Phi) is 4.01. The Labute approximate surface area is 145 Å². The van der Waals surface area contributed by atoms with E-state index in [1.165, 1.54) is 0 Å². The van der Waals surface area contributed by atoms with Gasteiger partial charge in [0.25, 0.3) is 0 Å². The van der Waals surface area contributed by atoms with Crippen LogP contribution < -0.4 is 0 Å². The zero-order valence-electron chi connectivity index (χ0n) is 13.5. The molecule has 4 heteroatoms. The summed E-state index contributed by atoms with van der Waals surface area (Å²) in [7, 11) is 0. The second-order valence-electron chi connectivity index (χ2n) is 5.78. The van der Waals surface area contributed by atoms with Crippen LogP contribution >= 0.6 is 0 Å². The van der Waals surface area contributed by atoms with Gasteiger partial charge in [0.15, 0.2) is 0 Å². The number of imidazole rings is 1. The van der Waals surface area contributed by atoms with Gasteiger partial charge in [-0.3, -0.25) is 0 Å². The first-order valence-corrected chi connectivity index (χ1v) is 8.04. The van der Waals surface area contributed by atoms with Gasteiger partial charge in [0.05, 0.1) is 22.9 Å². The molecule has 25 heavy (non-hydrogen) atoms. The van der Waals surface area contributed by atoms with Crippen molar-refractivity contribution in [1.82, 2.24) is 9.97 Å². The van der Waals surface area contributed by atoms with E-state index in [2.05, 4.69) is 22.1 Å². The van der Waals surface area contributed by atoms with Gasteiger partial charge in [0.1, 0.15) is 6.61 Å². The molecule has 4 rings (SSSR count). The summed E-state index contributed by atoms with van der Waals surface area (Å²) in [6.45, 7) is 0.237. The van der Waals surface area contributed by atoms with Crippen molar-refractivity contribution in [3.05, 3.63) is 90.3 Å². The Morgan fingerprint density at radius 3 is 2.64 bits per heavy atom. The van der Waals surface area contributed by atoms with Gasteiger partial charge in [-0.2, -0.15) is 0 Å². The van der Waals surface area contributed by atoms with Crippen LogP contribution in [-0.2, 0) is 11.3 Å². The van der Waals surface area contributed by atoms with Gasteiger partial charge < -0.3 is 9.72 Å². The first-order chi connectivity index (χ1) is 12.3. The Bertz CT molecular complexity index is 1020. The molecule has 1 aromatic heterocycles. The lowest BCUT2D eigenvalue weighted by atomic mass is 10.0. The van der Waals surface area contributed by atoms with E-state index in [4.69, 9.17) is 4.74 Å². The lowest BCUT2D eigenvalue weighted by Crippen LogP contribution is -2.05. The third kappa shape index (κ3) is 3.28. The fraction of sp³-hybridized carbons (Fsp3) is 0.0476. The Hall–Kier alpha value is -3.40. The molecule has 4 nitrogen and oxygen atoms in total. The van der Waals surface area contributed by atoms with Gasteiger partial charge in [0, 0.05) is 0 Å². The van der Waals surface area contributed by atoms with Crippen molar-refractivity contribution in [1.29, 1.82) is 0 Å². The number of hydrogen-bond donors (Lipinski definition) is 1. The number of ether oxygens (including phenoxy) is 1. The van der Waals surface area contributed by atoms with Crippen LogP contribution in [0.4, 0.5) is 0 Å². The van der Waals surface area contributed by atoms with Gasteiger partial charge in [-0.1, -0.05) is 48.5 Å². The topological polar surface area (TPSA) is 55.0 Å². The second-order valence-corrected chi connectivity index (χ2v) is 5.78. The predicted octanol–water partition coefficient (Wildman–Crippen LogP) is 4.59. The van der Waals surface area contributed by atoms with E-state index in [1.807, 2.05) is 42.5 Å². The summed E-state index contributed by atoms with van der Waals surface area (Å²) in [5.74, 6) is -0.346. The van der Waals surface area contributed by atoms with E-state index in [0.29, 0.717) is 5.56 Å². The Balaban J connectivity index is 1.48. The quantitative estimate of drug-likeness (QED) is 0.558. The third-order valence-electron chi connectivity index (χ3n) is 4.06. The number of carbonyl (C=O) groups is 1. The first-order valence-electron chi connectivity index (χ1n) is 8.04. The van der Waals surface area contributed by atoms with Crippen molar-refractivity contribution in [2.75, 3.05) is 0 Å². The smallest absolute Gasteiger partial charge is 0.338 e. The molecule has 0 atom stereocenters. The van der Waals surface area contributed by atoms with Crippen molar-refractivity contribution in [3.63, 3.8) is 0 Å². The van der Waals surface area contributed by atoms with E-state index in [9.17, 15) is 4.79 Å². The molecule has 0 fully saturated rings. The summed E-state index contributed by atoms with van der Waals surface area (Å²) in [6.07, 6.45) is 1.61. The van der Waals surface area contributed by atoms with E-state index in [-0.39, 0.29) is 12.6 Å². The zero-order chi connectivity index (χ0) is 17.1. The fourth-order valence-electron chi connectivity index (χ4n) is 2.77. The van der Waals surface area contributed by atoms with Crippen LogP contribution in [0.15, 0.2) is 79.1 Å². The molecule has 1 N–H and O–H groups in total. The summed E-state index contributed by atoms with van der Waals surface area (Å²) >= 11 is 0. The van der Waals surface area contributed by atoms with E-state index >= 15 is 0 Å². The lowest BCUT2D eigenvalue weighted by molar-refractivity contribution is 0.0473. The summed E-state index contributed by atoms with van der Waals surface area (Å²) in [5.41, 5.74) is 5.36. The number of H-pyrrole nitrogens is 1. The van der Waals surface area contributed by atoms with Crippen LogP contribution in [0.25, 0.3) is 22.2 Å². The van der Waals surface area contributed by atoms with E-state index < -0.39 is 0 Å². The average molecular weight is 328 g/mol. The highest BCUT2D eigenvalue weighted by Gasteiger charge is 2.09. The fourth-order valence-corrected chi connectivity index (χ4v) is 2.77. The molecular weight excluding hydrogens is 312 g/mol. The van der Waals surface area contributed by atoms with E-state index in [0.717, 1.165) is 27.7 Å². The number of benzene rings is 3. The van der Waals surface area contributed by atoms with Gasteiger partial charge in [-0.05, 0) is 41.0 Å². The highest BCUT2D eigenvalue weighted by molar-refractivity contribution is 5.93. The minimum atomic E-state index is -0.346. The minimum Gasteiger partial charge on any atom is -0.457 e. The van der Waals surface area contributed by atoms with Crippen molar-refractivity contribution in [3.8, 4) is 11.1 Å². The monoisotopic (exact) mass is 328 g/mol. The molecule has 0 aliphatic rings. The number of nitrogens with one attached hydrogen (secondary N) is 1. The Morgan fingerprint density at radius 1 is 0.920 bits per heavy atom. The van der Waals surface area contributed by atoms with Crippen LogP contribution in [0.5, 0.6) is 0 Å². The third-order valence-corrected chi connectivity index (χ3v) is 4.06. The minimum absolute atomic E-state index is 0.237. The van der Waals surface area contributed by atoms with Crippen LogP contribution in [0, 0.1) is 0 Å². The Morgan fingerprint density at radius 2 is 1.76 bits per heavy atom. The number of fused-ring (bicyclic) bond motifs is 1. The second kappa shape index (κ2) is 6.61. The number of esters is 1. The maximum atomic E-state index is 12.3. The normalized spacial score (nSPS) is 10.7. The molecule has 122 valence electrons. The van der Waals surface area contributed by atoms with Crippen molar-refractivity contribution >= 4 is 17.0 Å². The number of carbonyl (C=O) groups excluding carboxylic acids is 1. The van der Waals surface area contributed by atoms with Crippen LogP contribution in [0.3, 0.4) is 0 Å². The zero-order valence-corrected chi connectivity index (χ0v) is 13.5. The lowest BCUT2D eigenvalue weighted by Gasteiger charge is -2.07. The molecule has 0 bridgehead atoms. The summed E-state index contributed by atoms with van der Waals surface area (Å²) in [5, 5.41) is 0. The molecule has 0 saturated heterocycles. The molecule has 0 spiro atoms. The summed E-state index contributed by atoms with van der Waals surface area (Å²) < 4.78 is 5.46. The maximum Gasteiger partial charge on any atom is 0.338 e. The van der Waals surface area contributed by atoms with Crippen molar-refractivity contribution in [2.45, 2.75) is 6.61 Å². The van der Waals surface area contributed by atoms with Gasteiger partial charge in [-0.15, -0.1) is 0 Å². The predicted molar refractivity (Wildman–Crippen MR) is 97.1 cm³/mol. The molecule has 0 saturated carbocycles. The molecule has 0 aliphatic heterocycles. The standard InChI is InChI=1S/C21H16N2O2/c24-21(18-9-10-19-20(12-18)23-14-22-19)25-13-15-5-4-8-17(11-15)16-6-2-1-3-7-16/h1-12,14H,13H2,(H,22,23). The largest absolute Gasteiger partial charge is 0.457 e. The van der Waals surface area contributed by atoms with Gasteiger partial charge >= 0.3 is 5.97 Å². The highest BCUT2D eigenvalue weighted by Crippen LogP contribution is 2.20. The number of aromatic amines is 1. The number of hydrogen-bond acceptors (Lipinski definition) is 3. The van der Waals surface area contributed by atoms with Crippen LogP contribution in [0.1, 0.15) is 15.9 Å². The highest BCUT2D eigenvalue weighted by atomic mass is 16.5.